The number of nitrogens with zero attached hydrogens (tertiary/aromatic N) is 2. The van der Waals surface area contributed by atoms with Gasteiger partial charge in [-0.2, -0.15) is 0 Å². The zero-order chi connectivity index (χ0) is 14.2. The fourth-order valence-corrected chi connectivity index (χ4v) is 2.98. The van der Waals surface area contributed by atoms with Crippen LogP contribution in [-0.2, 0) is 0 Å². The number of hydrogen-bond acceptors (Lipinski definition) is 4. The maximum Gasteiger partial charge on any atom is 0.272 e. The molecule has 19 heavy (non-hydrogen) atoms. The van der Waals surface area contributed by atoms with E-state index in [-0.39, 0.29) is 11.7 Å². The molecule has 0 spiro atoms. The Morgan fingerprint density at radius 3 is 2.47 bits per heavy atom. The average Bonchev–Trinajstić information content (AvgIpc) is 2.32. The van der Waals surface area contributed by atoms with Crippen molar-refractivity contribution in [3.63, 3.8) is 0 Å². The molecule has 1 aromatic carbocycles. The third kappa shape index (κ3) is 2.94. The molecule has 2 atom stereocenters. The quantitative estimate of drug-likeness (QED) is 0.673. The molecule has 1 aliphatic rings. The number of piperidine rings is 1. The summed E-state index contributed by atoms with van der Waals surface area (Å²) in [5.74, 6) is 0.451. The van der Waals surface area contributed by atoms with Crippen molar-refractivity contribution in [3.8, 4) is 0 Å². The summed E-state index contributed by atoms with van der Waals surface area (Å²) in [6.45, 7) is 3.56. The number of nitrogens with two attached hydrogens (primary N) is 1. The van der Waals surface area contributed by atoms with E-state index in [0.717, 1.165) is 13.0 Å². The Balaban J connectivity index is 2.33. The first-order valence-electron chi connectivity index (χ1n) is 6.04. The number of halogens is 2. The van der Waals surface area contributed by atoms with E-state index in [2.05, 4.69) is 6.92 Å². The van der Waals surface area contributed by atoms with E-state index in [0.29, 0.717) is 28.2 Å². The van der Waals surface area contributed by atoms with Crippen LogP contribution in [0.3, 0.4) is 0 Å². The van der Waals surface area contributed by atoms with Crippen LogP contribution in [-0.4, -0.2) is 24.1 Å². The van der Waals surface area contributed by atoms with Crippen molar-refractivity contribution >= 4 is 34.6 Å². The molecule has 1 aromatic rings. The maximum absolute atomic E-state index is 10.7. The lowest BCUT2D eigenvalue weighted by molar-refractivity contribution is -0.384. The minimum Gasteiger partial charge on any atom is -0.368 e. The third-order valence-corrected chi connectivity index (χ3v) is 4.12. The van der Waals surface area contributed by atoms with Crippen LogP contribution in [0.2, 0.25) is 10.0 Å². The number of nitro benzene ring substituents is 1. The molecule has 0 aromatic heterocycles. The summed E-state index contributed by atoms with van der Waals surface area (Å²) >= 11 is 12.2. The first kappa shape index (κ1) is 14.4. The summed E-state index contributed by atoms with van der Waals surface area (Å²) in [6.07, 6.45) is 0.949. The Kier molecular flexibility index (Phi) is 4.18. The van der Waals surface area contributed by atoms with Gasteiger partial charge in [-0.05, 0) is 12.3 Å². The van der Waals surface area contributed by atoms with E-state index in [1.54, 1.807) is 0 Å². The molecule has 5 nitrogen and oxygen atoms in total. The van der Waals surface area contributed by atoms with Crippen LogP contribution in [0.25, 0.3) is 0 Å². The van der Waals surface area contributed by atoms with Crippen molar-refractivity contribution < 1.29 is 4.92 Å². The maximum atomic E-state index is 10.7. The highest BCUT2D eigenvalue weighted by atomic mass is 35.5. The molecule has 2 N–H and O–H groups in total. The molecule has 1 heterocycles. The second-order valence-electron chi connectivity index (χ2n) is 4.89. The summed E-state index contributed by atoms with van der Waals surface area (Å²) in [5.41, 5.74) is 6.58. The van der Waals surface area contributed by atoms with Crippen LogP contribution in [0.15, 0.2) is 12.1 Å². The molecule has 2 unspecified atom stereocenters. The van der Waals surface area contributed by atoms with E-state index >= 15 is 0 Å². The number of hydrogen-bond donors (Lipinski definition) is 1. The third-order valence-electron chi connectivity index (χ3n) is 3.55. The second kappa shape index (κ2) is 5.53. The van der Waals surface area contributed by atoms with Gasteiger partial charge >= 0.3 is 0 Å². The van der Waals surface area contributed by atoms with Crippen molar-refractivity contribution in [2.24, 2.45) is 11.7 Å². The predicted molar refractivity (Wildman–Crippen MR) is 77.1 cm³/mol. The summed E-state index contributed by atoms with van der Waals surface area (Å²) < 4.78 is 0. The predicted octanol–water partition coefficient (Wildman–Crippen LogP) is 3.08. The fraction of sp³-hybridized carbons (Fsp3) is 0.500. The first-order chi connectivity index (χ1) is 8.90. The Morgan fingerprint density at radius 2 is 2.00 bits per heavy atom. The van der Waals surface area contributed by atoms with E-state index in [1.807, 2.05) is 4.90 Å². The van der Waals surface area contributed by atoms with Crippen molar-refractivity contribution in [2.75, 3.05) is 18.0 Å². The van der Waals surface area contributed by atoms with Crippen LogP contribution >= 0.6 is 23.2 Å². The standard InChI is InChI=1S/C12H15Cl2N3O2/c1-7-2-3-16(6-11(7)15)12-9(13)4-8(17(18)19)5-10(12)14/h4-5,7,11H,2-3,6,15H2,1H3. The van der Waals surface area contributed by atoms with Crippen LogP contribution in [0.1, 0.15) is 13.3 Å². The molecule has 104 valence electrons. The van der Waals surface area contributed by atoms with Gasteiger partial charge in [0.2, 0.25) is 0 Å². The summed E-state index contributed by atoms with van der Waals surface area (Å²) in [6, 6.07) is 2.70. The highest BCUT2D eigenvalue weighted by Gasteiger charge is 2.27. The normalized spacial score (nSPS) is 23.5. The van der Waals surface area contributed by atoms with Gasteiger partial charge in [-0.15, -0.1) is 0 Å². The minimum atomic E-state index is -0.508. The lowest BCUT2D eigenvalue weighted by Crippen LogP contribution is -2.47. The van der Waals surface area contributed by atoms with Crippen molar-refractivity contribution in [2.45, 2.75) is 19.4 Å². The molecule has 0 radical (unpaired) electrons. The number of rotatable bonds is 2. The molecular formula is C12H15Cl2N3O2. The average molecular weight is 304 g/mol. The van der Waals surface area contributed by atoms with Gasteiger partial charge in [-0.1, -0.05) is 30.1 Å². The van der Waals surface area contributed by atoms with Crippen molar-refractivity contribution in [3.05, 3.63) is 32.3 Å². The van der Waals surface area contributed by atoms with Gasteiger partial charge in [0.25, 0.3) is 5.69 Å². The van der Waals surface area contributed by atoms with Crippen LogP contribution in [0, 0.1) is 16.0 Å². The molecule has 1 aliphatic heterocycles. The first-order valence-corrected chi connectivity index (χ1v) is 6.79. The van der Waals surface area contributed by atoms with Crippen LogP contribution in [0.5, 0.6) is 0 Å². The van der Waals surface area contributed by atoms with Gasteiger partial charge in [0.05, 0.1) is 20.7 Å². The van der Waals surface area contributed by atoms with Crippen LogP contribution in [0.4, 0.5) is 11.4 Å². The van der Waals surface area contributed by atoms with Gasteiger partial charge in [-0.25, -0.2) is 0 Å². The number of benzene rings is 1. The molecular weight excluding hydrogens is 289 g/mol. The zero-order valence-electron chi connectivity index (χ0n) is 10.5. The Hall–Kier alpha value is -1.04. The van der Waals surface area contributed by atoms with Gasteiger partial charge in [-0.3, -0.25) is 10.1 Å². The highest BCUT2D eigenvalue weighted by Crippen LogP contribution is 2.38. The lowest BCUT2D eigenvalue weighted by Gasteiger charge is -2.37. The van der Waals surface area contributed by atoms with E-state index in [4.69, 9.17) is 28.9 Å². The number of anilines is 1. The summed E-state index contributed by atoms with van der Waals surface area (Å²) in [4.78, 5) is 12.2. The fourth-order valence-electron chi connectivity index (χ4n) is 2.26. The molecule has 0 aliphatic carbocycles. The van der Waals surface area contributed by atoms with E-state index in [9.17, 15) is 10.1 Å². The largest absolute Gasteiger partial charge is 0.368 e. The van der Waals surface area contributed by atoms with Crippen molar-refractivity contribution in [1.82, 2.24) is 0 Å². The van der Waals surface area contributed by atoms with Gasteiger partial charge in [0.1, 0.15) is 0 Å². The minimum absolute atomic E-state index is 0.0519. The zero-order valence-corrected chi connectivity index (χ0v) is 12.0. The summed E-state index contributed by atoms with van der Waals surface area (Å²) in [5, 5.41) is 11.3. The van der Waals surface area contributed by atoms with Gasteiger partial charge in [0.15, 0.2) is 0 Å². The molecule has 2 rings (SSSR count). The number of non-ortho nitro benzene ring substituents is 1. The molecule has 7 heteroatoms. The second-order valence-corrected chi connectivity index (χ2v) is 5.71. The summed E-state index contributed by atoms with van der Waals surface area (Å²) in [7, 11) is 0. The molecule has 1 fully saturated rings. The molecule has 0 saturated carbocycles. The molecule has 0 bridgehead atoms. The molecule has 0 amide bonds. The number of nitro groups is 1. The lowest BCUT2D eigenvalue weighted by atomic mass is 9.94. The van der Waals surface area contributed by atoms with E-state index < -0.39 is 4.92 Å². The Morgan fingerprint density at radius 1 is 1.42 bits per heavy atom. The van der Waals surface area contributed by atoms with Gasteiger partial charge < -0.3 is 10.6 Å². The van der Waals surface area contributed by atoms with Crippen molar-refractivity contribution in [1.29, 1.82) is 0 Å². The molecule has 1 saturated heterocycles. The Bertz CT molecular complexity index is 487. The van der Waals surface area contributed by atoms with Gasteiger partial charge in [0, 0.05) is 31.3 Å². The van der Waals surface area contributed by atoms with E-state index in [1.165, 1.54) is 12.1 Å². The Labute approximate surface area is 121 Å². The topological polar surface area (TPSA) is 72.4 Å². The SMILES string of the molecule is CC1CCN(c2c(Cl)cc([N+](=O)[O-])cc2Cl)CC1N. The van der Waals surface area contributed by atoms with Crippen LogP contribution < -0.4 is 10.6 Å². The monoisotopic (exact) mass is 303 g/mol. The smallest absolute Gasteiger partial charge is 0.272 e. The highest BCUT2D eigenvalue weighted by molar-refractivity contribution is 6.39.